The van der Waals surface area contributed by atoms with Crippen molar-refractivity contribution >= 4 is 23.3 Å². The number of carbonyl (C=O) groups excluding carboxylic acids is 2. The Morgan fingerprint density at radius 3 is 2.67 bits per heavy atom. The molecule has 2 unspecified atom stereocenters. The van der Waals surface area contributed by atoms with Crippen LogP contribution in [-0.4, -0.2) is 42.3 Å². The number of hydrazone groups is 1. The lowest BCUT2D eigenvalue weighted by atomic mass is 9.99. The van der Waals surface area contributed by atoms with E-state index in [1.807, 2.05) is 35.1 Å². The van der Waals surface area contributed by atoms with Crippen LogP contribution in [0.1, 0.15) is 48.9 Å². The highest BCUT2D eigenvalue weighted by atomic mass is 16.5. The zero-order valence-electron chi connectivity index (χ0n) is 19.6. The fraction of sp³-hybridized carbons (Fsp3) is 0.423. The summed E-state index contributed by atoms with van der Waals surface area (Å²) in [7, 11) is 0. The van der Waals surface area contributed by atoms with Crippen molar-refractivity contribution in [1.82, 2.24) is 10.4 Å². The molecule has 2 heterocycles. The molecule has 0 aliphatic carbocycles. The van der Waals surface area contributed by atoms with Gasteiger partial charge in [0.05, 0.1) is 24.3 Å². The Morgan fingerprint density at radius 2 is 1.94 bits per heavy atom. The van der Waals surface area contributed by atoms with E-state index in [4.69, 9.17) is 9.84 Å². The molecule has 33 heavy (non-hydrogen) atoms. The zero-order valence-corrected chi connectivity index (χ0v) is 19.6. The first-order valence-corrected chi connectivity index (χ1v) is 11.7. The smallest absolute Gasteiger partial charge is 0.310 e. The summed E-state index contributed by atoms with van der Waals surface area (Å²) < 4.78 is 5.17. The highest BCUT2D eigenvalue weighted by Crippen LogP contribution is 2.37. The molecule has 1 saturated heterocycles. The van der Waals surface area contributed by atoms with Crippen LogP contribution in [0.2, 0.25) is 0 Å². The van der Waals surface area contributed by atoms with Crippen LogP contribution in [0.3, 0.4) is 0 Å². The van der Waals surface area contributed by atoms with E-state index < -0.39 is 0 Å². The van der Waals surface area contributed by atoms with Crippen LogP contribution >= 0.6 is 0 Å². The maximum Gasteiger partial charge on any atom is 0.310 e. The number of ether oxygens (including phenoxy) is 1. The molecule has 0 radical (unpaired) electrons. The number of rotatable bonds is 6. The number of hydrazine groups is 1. The number of benzene rings is 2. The molecule has 0 aromatic heterocycles. The number of piperidine rings is 1. The minimum absolute atomic E-state index is 0.0537. The normalized spacial score (nSPS) is 20.9. The Kier molecular flexibility index (Phi) is 7.08. The Hall–Kier alpha value is -3.19. The van der Waals surface area contributed by atoms with E-state index in [1.165, 1.54) is 5.56 Å². The van der Waals surface area contributed by atoms with Crippen molar-refractivity contribution in [3.63, 3.8) is 0 Å². The minimum atomic E-state index is -0.215. The topological polar surface area (TPSA) is 74.2 Å². The molecule has 2 aromatic rings. The first-order valence-electron chi connectivity index (χ1n) is 11.7. The Bertz CT molecular complexity index is 1040. The fourth-order valence-corrected chi connectivity index (χ4v) is 4.61. The van der Waals surface area contributed by atoms with Crippen LogP contribution in [0.15, 0.2) is 53.6 Å². The first-order chi connectivity index (χ1) is 16.0. The van der Waals surface area contributed by atoms with E-state index in [-0.39, 0.29) is 23.8 Å². The molecule has 2 aromatic carbocycles. The van der Waals surface area contributed by atoms with Gasteiger partial charge in [-0.25, -0.2) is 5.01 Å². The number of nitrogens with zero attached hydrogens (tertiary/aromatic N) is 3. The van der Waals surface area contributed by atoms with Crippen LogP contribution in [0.5, 0.6) is 0 Å². The summed E-state index contributed by atoms with van der Waals surface area (Å²) >= 11 is 0. The minimum Gasteiger partial charge on any atom is -0.466 e. The van der Waals surface area contributed by atoms with Crippen LogP contribution in [0.4, 0.5) is 5.69 Å². The Morgan fingerprint density at radius 1 is 1.15 bits per heavy atom. The fourth-order valence-electron chi connectivity index (χ4n) is 4.61. The van der Waals surface area contributed by atoms with Crippen molar-refractivity contribution in [2.75, 3.05) is 24.7 Å². The van der Waals surface area contributed by atoms with E-state index in [0.717, 1.165) is 29.7 Å². The molecule has 0 saturated carbocycles. The zero-order chi connectivity index (χ0) is 23.4. The average molecular weight is 449 g/mol. The van der Waals surface area contributed by atoms with Crippen molar-refractivity contribution in [3.05, 3.63) is 65.2 Å². The third kappa shape index (κ3) is 5.25. The Balaban J connectivity index is 1.53. The maximum atomic E-state index is 13.2. The summed E-state index contributed by atoms with van der Waals surface area (Å²) in [4.78, 5) is 25.3. The lowest BCUT2D eigenvalue weighted by Crippen LogP contribution is -2.51. The second-order valence-electron chi connectivity index (χ2n) is 8.79. The quantitative estimate of drug-likeness (QED) is 0.678. The van der Waals surface area contributed by atoms with Crippen LogP contribution < -0.4 is 10.4 Å². The van der Waals surface area contributed by atoms with Crippen LogP contribution in [0, 0.1) is 19.8 Å². The molecular weight excluding hydrogens is 416 g/mol. The molecule has 2 aliphatic heterocycles. The third-order valence-electron chi connectivity index (χ3n) is 6.26. The van der Waals surface area contributed by atoms with E-state index in [1.54, 1.807) is 0 Å². The van der Waals surface area contributed by atoms with Crippen LogP contribution in [0.25, 0.3) is 0 Å². The number of esters is 1. The molecule has 1 fully saturated rings. The summed E-state index contributed by atoms with van der Waals surface area (Å²) in [6.07, 6.45) is 2.12. The summed E-state index contributed by atoms with van der Waals surface area (Å²) in [6, 6.07) is 16.4. The summed E-state index contributed by atoms with van der Waals surface area (Å²) in [5.74, 6) is -0.624. The molecular formula is C26H32N4O3. The van der Waals surface area contributed by atoms with Gasteiger partial charge in [0, 0.05) is 19.5 Å². The Labute approximate surface area is 195 Å². The lowest BCUT2D eigenvalue weighted by molar-refractivity contribution is -0.151. The predicted octanol–water partition coefficient (Wildman–Crippen LogP) is 3.92. The number of hydrogen-bond donors (Lipinski definition) is 1. The van der Waals surface area contributed by atoms with Gasteiger partial charge in [0.25, 0.3) is 5.91 Å². The van der Waals surface area contributed by atoms with Gasteiger partial charge in [0.15, 0.2) is 0 Å². The van der Waals surface area contributed by atoms with Gasteiger partial charge in [-0.1, -0.05) is 48.0 Å². The maximum absolute atomic E-state index is 13.2. The standard InChI is InChI=1S/C26H32N4O3/c1-4-33-26(32)21-11-8-14-29(17-21)28-25(31)22-16-24(20-9-6-5-7-10-20)30(27-22)23-13-12-18(2)15-19(23)3/h5-7,9-10,12-13,15,21,24H,4,8,11,14,16-17H2,1-3H3,(H,28,31). The van der Waals surface area contributed by atoms with Gasteiger partial charge in [0.2, 0.25) is 0 Å². The number of hydrogen-bond acceptors (Lipinski definition) is 6. The van der Waals surface area contributed by atoms with Gasteiger partial charge < -0.3 is 4.74 Å². The van der Waals surface area contributed by atoms with E-state index >= 15 is 0 Å². The third-order valence-corrected chi connectivity index (χ3v) is 6.26. The van der Waals surface area contributed by atoms with Gasteiger partial charge in [-0.3, -0.25) is 20.0 Å². The molecule has 1 amide bonds. The van der Waals surface area contributed by atoms with Crippen molar-refractivity contribution in [3.8, 4) is 0 Å². The van der Waals surface area contributed by atoms with E-state index in [9.17, 15) is 9.59 Å². The second-order valence-corrected chi connectivity index (χ2v) is 8.79. The summed E-state index contributed by atoms with van der Waals surface area (Å²) in [6.45, 7) is 7.48. The van der Waals surface area contributed by atoms with Gasteiger partial charge in [-0.05, 0) is 50.8 Å². The molecule has 2 aliphatic rings. The number of aryl methyl sites for hydroxylation is 2. The molecule has 1 N–H and O–H groups in total. The molecule has 2 atom stereocenters. The van der Waals surface area contributed by atoms with Crippen molar-refractivity contribution < 1.29 is 14.3 Å². The van der Waals surface area contributed by atoms with Gasteiger partial charge in [0.1, 0.15) is 5.71 Å². The van der Waals surface area contributed by atoms with Gasteiger partial charge in [-0.2, -0.15) is 5.10 Å². The van der Waals surface area contributed by atoms with E-state index in [2.05, 4.69) is 49.6 Å². The van der Waals surface area contributed by atoms with Gasteiger partial charge >= 0.3 is 5.97 Å². The van der Waals surface area contributed by atoms with Crippen molar-refractivity contribution in [2.45, 2.75) is 46.1 Å². The molecule has 0 spiro atoms. The second kappa shape index (κ2) is 10.2. The number of amides is 1. The predicted molar refractivity (Wildman–Crippen MR) is 129 cm³/mol. The van der Waals surface area contributed by atoms with Crippen molar-refractivity contribution in [1.29, 1.82) is 0 Å². The molecule has 174 valence electrons. The molecule has 7 nitrogen and oxygen atoms in total. The summed E-state index contributed by atoms with van der Waals surface area (Å²) in [5, 5.41) is 8.57. The van der Waals surface area contributed by atoms with Crippen LogP contribution in [-0.2, 0) is 14.3 Å². The van der Waals surface area contributed by atoms with Crippen molar-refractivity contribution in [2.24, 2.45) is 11.0 Å². The highest BCUT2D eigenvalue weighted by molar-refractivity contribution is 6.39. The highest BCUT2D eigenvalue weighted by Gasteiger charge is 2.34. The summed E-state index contributed by atoms with van der Waals surface area (Å²) in [5.41, 5.74) is 7.90. The first kappa shape index (κ1) is 23.0. The van der Waals surface area contributed by atoms with Gasteiger partial charge in [-0.15, -0.1) is 0 Å². The monoisotopic (exact) mass is 448 g/mol. The lowest BCUT2D eigenvalue weighted by Gasteiger charge is -2.31. The van der Waals surface area contributed by atoms with E-state index in [0.29, 0.717) is 31.8 Å². The number of anilines is 1. The largest absolute Gasteiger partial charge is 0.466 e. The SMILES string of the molecule is CCOC(=O)C1CCCN(NC(=O)C2=NN(c3ccc(C)cc3C)C(c3ccccc3)C2)C1. The number of carbonyl (C=O) groups is 2. The number of nitrogens with one attached hydrogen (secondary N) is 1. The average Bonchev–Trinajstić information content (AvgIpc) is 3.25. The molecule has 0 bridgehead atoms. The molecule has 7 heteroatoms. The molecule has 4 rings (SSSR count).